The van der Waals surface area contributed by atoms with Gasteiger partial charge < -0.3 is 4.74 Å². The van der Waals surface area contributed by atoms with Gasteiger partial charge in [-0.25, -0.2) is 5.43 Å². The lowest BCUT2D eigenvalue weighted by Gasteiger charge is -2.07. The SMILES string of the molecule is CCOc1ccccc1-c1cc(C(=O)NN=Cc2cccs2)[nH]n1. The molecule has 2 heterocycles. The number of amides is 1. The third-order valence-corrected chi connectivity index (χ3v) is 3.99. The molecule has 0 aliphatic rings. The van der Waals surface area contributed by atoms with Crippen LogP contribution in [0.3, 0.4) is 0 Å². The molecule has 24 heavy (non-hydrogen) atoms. The number of ether oxygens (including phenoxy) is 1. The lowest BCUT2D eigenvalue weighted by Crippen LogP contribution is -2.17. The zero-order chi connectivity index (χ0) is 16.8. The van der Waals surface area contributed by atoms with E-state index in [1.807, 2.05) is 48.7 Å². The number of rotatable bonds is 6. The summed E-state index contributed by atoms with van der Waals surface area (Å²) in [5.41, 5.74) is 4.28. The van der Waals surface area contributed by atoms with E-state index in [1.54, 1.807) is 23.6 Å². The Morgan fingerprint density at radius 2 is 2.25 bits per heavy atom. The van der Waals surface area contributed by atoms with E-state index in [1.165, 1.54) is 0 Å². The summed E-state index contributed by atoms with van der Waals surface area (Å²) in [6.45, 7) is 2.48. The Morgan fingerprint density at radius 1 is 1.38 bits per heavy atom. The lowest BCUT2D eigenvalue weighted by atomic mass is 10.1. The Hall–Kier alpha value is -2.93. The van der Waals surface area contributed by atoms with Gasteiger partial charge in [0.15, 0.2) is 0 Å². The normalized spacial score (nSPS) is 10.9. The quantitative estimate of drug-likeness (QED) is 0.534. The van der Waals surface area contributed by atoms with Crippen molar-refractivity contribution in [3.05, 3.63) is 58.4 Å². The van der Waals surface area contributed by atoms with Crippen LogP contribution >= 0.6 is 11.3 Å². The molecule has 6 nitrogen and oxygen atoms in total. The molecule has 0 atom stereocenters. The zero-order valence-corrected chi connectivity index (χ0v) is 13.8. The molecule has 2 aromatic heterocycles. The third kappa shape index (κ3) is 3.69. The van der Waals surface area contributed by atoms with Crippen molar-refractivity contribution in [1.29, 1.82) is 0 Å². The van der Waals surface area contributed by atoms with Gasteiger partial charge in [-0.1, -0.05) is 18.2 Å². The van der Waals surface area contributed by atoms with Crippen molar-refractivity contribution >= 4 is 23.5 Å². The lowest BCUT2D eigenvalue weighted by molar-refractivity contribution is 0.0950. The van der Waals surface area contributed by atoms with Gasteiger partial charge in [-0.15, -0.1) is 11.3 Å². The van der Waals surface area contributed by atoms with E-state index in [0.29, 0.717) is 18.0 Å². The smallest absolute Gasteiger partial charge is 0.289 e. The second-order valence-electron chi connectivity index (χ2n) is 4.81. The molecular formula is C17H16N4O2S. The van der Waals surface area contributed by atoms with Crippen molar-refractivity contribution in [3.63, 3.8) is 0 Å². The Kier molecular flexibility index (Phi) is 5.02. The minimum absolute atomic E-state index is 0.333. The van der Waals surface area contributed by atoms with Crippen LogP contribution in [0.5, 0.6) is 5.75 Å². The highest BCUT2D eigenvalue weighted by molar-refractivity contribution is 7.11. The molecule has 0 saturated carbocycles. The van der Waals surface area contributed by atoms with Crippen molar-refractivity contribution < 1.29 is 9.53 Å². The van der Waals surface area contributed by atoms with E-state index in [9.17, 15) is 4.79 Å². The number of nitrogens with one attached hydrogen (secondary N) is 2. The number of para-hydroxylation sites is 1. The molecule has 0 bridgehead atoms. The number of carbonyl (C=O) groups is 1. The number of H-pyrrole nitrogens is 1. The summed E-state index contributed by atoms with van der Waals surface area (Å²) >= 11 is 1.54. The van der Waals surface area contributed by atoms with Crippen LogP contribution in [0.2, 0.25) is 0 Å². The first-order valence-electron chi connectivity index (χ1n) is 7.42. The van der Waals surface area contributed by atoms with Gasteiger partial charge in [0.25, 0.3) is 5.91 Å². The Labute approximate surface area is 143 Å². The topological polar surface area (TPSA) is 79.4 Å². The fraction of sp³-hybridized carbons (Fsp3) is 0.118. The Balaban J connectivity index is 1.72. The molecule has 0 unspecified atom stereocenters. The zero-order valence-electron chi connectivity index (χ0n) is 13.0. The molecule has 0 saturated heterocycles. The van der Waals surface area contributed by atoms with Crippen molar-refractivity contribution in [2.24, 2.45) is 5.10 Å². The number of benzene rings is 1. The second kappa shape index (κ2) is 7.56. The molecule has 0 spiro atoms. The third-order valence-electron chi connectivity index (χ3n) is 3.19. The van der Waals surface area contributed by atoms with Gasteiger partial charge in [-0.3, -0.25) is 9.89 Å². The molecular weight excluding hydrogens is 324 g/mol. The molecule has 7 heteroatoms. The van der Waals surface area contributed by atoms with Crippen LogP contribution in [-0.2, 0) is 0 Å². The van der Waals surface area contributed by atoms with Gasteiger partial charge in [-0.05, 0) is 36.6 Å². The predicted octanol–water partition coefficient (Wildman–Crippen LogP) is 3.30. The van der Waals surface area contributed by atoms with Gasteiger partial charge >= 0.3 is 0 Å². The summed E-state index contributed by atoms with van der Waals surface area (Å²) in [5.74, 6) is 0.379. The fourth-order valence-electron chi connectivity index (χ4n) is 2.12. The van der Waals surface area contributed by atoms with Crippen LogP contribution in [0.25, 0.3) is 11.3 Å². The maximum absolute atomic E-state index is 12.1. The minimum Gasteiger partial charge on any atom is -0.493 e. The summed E-state index contributed by atoms with van der Waals surface area (Å²) in [7, 11) is 0. The highest BCUT2D eigenvalue weighted by Crippen LogP contribution is 2.28. The summed E-state index contributed by atoms with van der Waals surface area (Å²) in [4.78, 5) is 13.1. The number of aromatic amines is 1. The van der Waals surface area contributed by atoms with E-state index >= 15 is 0 Å². The van der Waals surface area contributed by atoms with Gasteiger partial charge in [0, 0.05) is 10.4 Å². The molecule has 3 rings (SSSR count). The number of nitrogens with zero attached hydrogens (tertiary/aromatic N) is 2. The summed E-state index contributed by atoms with van der Waals surface area (Å²) in [5, 5.41) is 12.8. The maximum atomic E-state index is 12.1. The highest BCUT2D eigenvalue weighted by Gasteiger charge is 2.13. The van der Waals surface area contributed by atoms with Crippen LogP contribution in [0.4, 0.5) is 0 Å². The first kappa shape index (κ1) is 15.9. The molecule has 0 aliphatic heterocycles. The number of hydrogen-bond acceptors (Lipinski definition) is 5. The van der Waals surface area contributed by atoms with Gasteiger partial charge in [0.05, 0.1) is 18.5 Å². The number of carbonyl (C=O) groups excluding carboxylic acids is 1. The first-order chi connectivity index (χ1) is 11.8. The number of hydrazone groups is 1. The Bertz CT molecular complexity index is 840. The predicted molar refractivity (Wildman–Crippen MR) is 94.6 cm³/mol. The van der Waals surface area contributed by atoms with E-state index in [0.717, 1.165) is 16.2 Å². The van der Waals surface area contributed by atoms with E-state index < -0.39 is 0 Å². The summed E-state index contributed by atoms with van der Waals surface area (Å²) in [6, 6.07) is 13.1. The molecule has 1 amide bonds. The number of aromatic nitrogens is 2. The average molecular weight is 340 g/mol. The molecule has 1 aromatic carbocycles. The summed E-state index contributed by atoms with van der Waals surface area (Å²) in [6.07, 6.45) is 1.60. The van der Waals surface area contributed by atoms with Gasteiger partial charge in [-0.2, -0.15) is 10.2 Å². The Morgan fingerprint density at radius 3 is 3.04 bits per heavy atom. The van der Waals surface area contributed by atoms with E-state index in [4.69, 9.17) is 4.74 Å². The van der Waals surface area contributed by atoms with Crippen molar-refractivity contribution in [2.45, 2.75) is 6.92 Å². The monoisotopic (exact) mass is 340 g/mol. The van der Waals surface area contributed by atoms with Crippen molar-refractivity contribution in [2.75, 3.05) is 6.61 Å². The highest BCUT2D eigenvalue weighted by atomic mass is 32.1. The van der Waals surface area contributed by atoms with E-state index in [-0.39, 0.29) is 5.91 Å². The van der Waals surface area contributed by atoms with Crippen LogP contribution in [0.1, 0.15) is 22.3 Å². The van der Waals surface area contributed by atoms with Crippen LogP contribution in [0.15, 0.2) is 52.9 Å². The van der Waals surface area contributed by atoms with Crippen LogP contribution in [-0.4, -0.2) is 28.9 Å². The molecule has 0 aliphatic carbocycles. The molecule has 0 radical (unpaired) electrons. The number of hydrogen-bond donors (Lipinski definition) is 2. The van der Waals surface area contributed by atoms with E-state index in [2.05, 4.69) is 20.7 Å². The fourth-order valence-corrected chi connectivity index (χ4v) is 2.70. The minimum atomic E-state index is -0.351. The second-order valence-corrected chi connectivity index (χ2v) is 5.79. The van der Waals surface area contributed by atoms with Gasteiger partial charge in [0.2, 0.25) is 0 Å². The van der Waals surface area contributed by atoms with Gasteiger partial charge in [0.1, 0.15) is 11.4 Å². The molecule has 2 N–H and O–H groups in total. The van der Waals surface area contributed by atoms with Crippen molar-refractivity contribution in [3.8, 4) is 17.0 Å². The largest absolute Gasteiger partial charge is 0.493 e. The number of thiophene rings is 1. The van der Waals surface area contributed by atoms with Crippen molar-refractivity contribution in [1.82, 2.24) is 15.6 Å². The standard InChI is InChI=1S/C17H16N4O2S/c1-2-23-16-8-4-3-7-13(16)14-10-15(20-19-14)17(22)21-18-11-12-6-5-9-24-12/h3-11H,2H2,1H3,(H,19,20)(H,21,22). The molecule has 3 aromatic rings. The summed E-state index contributed by atoms with van der Waals surface area (Å²) < 4.78 is 5.59. The van der Waals surface area contributed by atoms with Crippen LogP contribution in [0, 0.1) is 0 Å². The van der Waals surface area contributed by atoms with Crippen LogP contribution < -0.4 is 10.2 Å². The first-order valence-corrected chi connectivity index (χ1v) is 8.30. The molecule has 122 valence electrons. The average Bonchev–Trinajstić information content (AvgIpc) is 3.27. The maximum Gasteiger partial charge on any atom is 0.289 e. The molecule has 0 fully saturated rings.